The number of piperidine rings is 1. The van der Waals surface area contributed by atoms with E-state index in [1.165, 1.54) is 0 Å². The topological polar surface area (TPSA) is 47.7 Å². The lowest BCUT2D eigenvalue weighted by atomic mass is 9.95. The van der Waals surface area contributed by atoms with Crippen LogP contribution in [0.2, 0.25) is 0 Å². The zero-order valence-electron chi connectivity index (χ0n) is 11.3. The van der Waals surface area contributed by atoms with Gasteiger partial charge < -0.3 is 20.1 Å². The Morgan fingerprint density at radius 2 is 2.11 bits per heavy atom. The molecule has 18 heavy (non-hydrogen) atoms. The summed E-state index contributed by atoms with van der Waals surface area (Å²) in [4.78, 5) is 2.28. The monoisotopic (exact) mass is 250 g/mol. The SMILES string of the molecule is COc1cccc(N2CCC(C)C(OC)C2)c1N. The van der Waals surface area contributed by atoms with Crippen LogP contribution in [-0.4, -0.2) is 33.4 Å². The Balaban J connectivity index is 2.21. The van der Waals surface area contributed by atoms with Crippen molar-refractivity contribution in [2.24, 2.45) is 5.92 Å². The number of nitrogens with two attached hydrogens (primary N) is 1. The van der Waals surface area contributed by atoms with Gasteiger partial charge in [0.1, 0.15) is 5.75 Å². The molecule has 2 atom stereocenters. The van der Waals surface area contributed by atoms with Gasteiger partial charge >= 0.3 is 0 Å². The van der Waals surface area contributed by atoms with Crippen molar-refractivity contribution in [1.29, 1.82) is 0 Å². The van der Waals surface area contributed by atoms with Crippen LogP contribution in [0.4, 0.5) is 11.4 Å². The van der Waals surface area contributed by atoms with E-state index >= 15 is 0 Å². The zero-order valence-corrected chi connectivity index (χ0v) is 11.3. The van der Waals surface area contributed by atoms with Crippen molar-refractivity contribution in [3.05, 3.63) is 18.2 Å². The molecule has 1 heterocycles. The van der Waals surface area contributed by atoms with Gasteiger partial charge in [-0.05, 0) is 24.5 Å². The number of benzene rings is 1. The fourth-order valence-electron chi connectivity index (χ4n) is 2.55. The Labute approximate surface area is 109 Å². The minimum atomic E-state index is 0.268. The number of hydrogen-bond acceptors (Lipinski definition) is 4. The predicted molar refractivity (Wildman–Crippen MR) is 74.2 cm³/mol. The Hall–Kier alpha value is -1.42. The average Bonchev–Trinajstić information content (AvgIpc) is 2.40. The molecule has 0 bridgehead atoms. The van der Waals surface area contributed by atoms with E-state index < -0.39 is 0 Å². The van der Waals surface area contributed by atoms with Gasteiger partial charge in [0.15, 0.2) is 0 Å². The molecular formula is C14H22N2O2. The first kappa shape index (κ1) is 13.0. The molecule has 0 aliphatic carbocycles. The largest absolute Gasteiger partial charge is 0.495 e. The molecule has 0 amide bonds. The molecule has 1 aromatic rings. The summed E-state index contributed by atoms with van der Waals surface area (Å²) >= 11 is 0. The molecule has 2 N–H and O–H groups in total. The summed E-state index contributed by atoms with van der Waals surface area (Å²) in [5, 5.41) is 0. The molecule has 2 rings (SSSR count). The molecule has 0 spiro atoms. The van der Waals surface area contributed by atoms with Gasteiger partial charge in [-0.25, -0.2) is 0 Å². The molecule has 2 unspecified atom stereocenters. The van der Waals surface area contributed by atoms with Crippen molar-refractivity contribution in [3.63, 3.8) is 0 Å². The number of nitrogen functional groups attached to an aromatic ring is 1. The van der Waals surface area contributed by atoms with Gasteiger partial charge in [-0.15, -0.1) is 0 Å². The number of para-hydroxylation sites is 1. The van der Waals surface area contributed by atoms with E-state index in [4.69, 9.17) is 15.2 Å². The van der Waals surface area contributed by atoms with Gasteiger partial charge in [-0.3, -0.25) is 0 Å². The molecule has 0 radical (unpaired) electrons. The molecule has 0 aromatic heterocycles. The first-order valence-electron chi connectivity index (χ1n) is 6.37. The summed E-state index contributed by atoms with van der Waals surface area (Å²) in [6, 6.07) is 5.91. The van der Waals surface area contributed by atoms with Crippen LogP contribution in [0.25, 0.3) is 0 Å². The maximum absolute atomic E-state index is 6.14. The number of rotatable bonds is 3. The van der Waals surface area contributed by atoms with E-state index in [2.05, 4.69) is 11.8 Å². The highest BCUT2D eigenvalue weighted by Gasteiger charge is 2.27. The molecule has 1 aliphatic heterocycles. The van der Waals surface area contributed by atoms with E-state index in [1.54, 1.807) is 14.2 Å². The van der Waals surface area contributed by atoms with E-state index in [0.29, 0.717) is 11.6 Å². The summed E-state index contributed by atoms with van der Waals surface area (Å²) in [6.07, 6.45) is 1.39. The number of nitrogens with zero attached hydrogens (tertiary/aromatic N) is 1. The van der Waals surface area contributed by atoms with E-state index in [0.717, 1.165) is 30.9 Å². The maximum atomic E-state index is 6.14. The van der Waals surface area contributed by atoms with Gasteiger partial charge in [0, 0.05) is 20.2 Å². The second-order valence-corrected chi connectivity index (χ2v) is 4.88. The summed E-state index contributed by atoms with van der Waals surface area (Å²) in [7, 11) is 3.42. The first-order chi connectivity index (χ1) is 8.67. The molecule has 0 saturated carbocycles. The van der Waals surface area contributed by atoms with Crippen molar-refractivity contribution >= 4 is 11.4 Å². The third-order valence-corrected chi connectivity index (χ3v) is 3.80. The summed E-state index contributed by atoms with van der Waals surface area (Å²) < 4.78 is 10.8. The molecule has 4 heteroatoms. The standard InChI is InChI=1S/C14H22N2O2/c1-10-7-8-16(9-13(10)18-3)11-5-4-6-12(17-2)14(11)15/h4-6,10,13H,7-9,15H2,1-3H3. The van der Waals surface area contributed by atoms with Gasteiger partial charge in [-0.2, -0.15) is 0 Å². The Morgan fingerprint density at radius 3 is 2.78 bits per heavy atom. The highest BCUT2D eigenvalue weighted by molar-refractivity contribution is 5.74. The average molecular weight is 250 g/mol. The smallest absolute Gasteiger partial charge is 0.143 e. The fraction of sp³-hybridized carbons (Fsp3) is 0.571. The van der Waals surface area contributed by atoms with Crippen molar-refractivity contribution in [3.8, 4) is 5.75 Å². The zero-order chi connectivity index (χ0) is 13.1. The summed E-state index contributed by atoms with van der Waals surface area (Å²) in [5.74, 6) is 1.33. The number of anilines is 2. The van der Waals surface area contributed by atoms with Crippen LogP contribution in [0.1, 0.15) is 13.3 Å². The number of ether oxygens (including phenoxy) is 2. The Bertz CT molecular complexity index is 409. The predicted octanol–water partition coefficient (Wildman–Crippen LogP) is 2.14. The molecule has 1 aliphatic rings. The van der Waals surface area contributed by atoms with Crippen molar-refractivity contribution < 1.29 is 9.47 Å². The quantitative estimate of drug-likeness (QED) is 0.835. The highest BCUT2D eigenvalue weighted by Crippen LogP contribution is 2.34. The molecular weight excluding hydrogens is 228 g/mol. The summed E-state index contributed by atoms with van der Waals surface area (Å²) in [5.41, 5.74) is 7.90. The minimum Gasteiger partial charge on any atom is -0.495 e. The number of hydrogen-bond donors (Lipinski definition) is 1. The lowest BCUT2D eigenvalue weighted by molar-refractivity contribution is 0.0498. The van der Waals surface area contributed by atoms with Crippen molar-refractivity contribution in [2.45, 2.75) is 19.4 Å². The molecule has 1 aromatic carbocycles. The fourth-order valence-corrected chi connectivity index (χ4v) is 2.55. The molecule has 1 fully saturated rings. The Morgan fingerprint density at radius 1 is 1.33 bits per heavy atom. The third-order valence-electron chi connectivity index (χ3n) is 3.80. The molecule has 4 nitrogen and oxygen atoms in total. The van der Waals surface area contributed by atoms with Crippen LogP contribution in [0.5, 0.6) is 5.75 Å². The van der Waals surface area contributed by atoms with Gasteiger partial charge in [0.25, 0.3) is 0 Å². The molecule has 1 saturated heterocycles. The van der Waals surface area contributed by atoms with Gasteiger partial charge in [-0.1, -0.05) is 13.0 Å². The van der Waals surface area contributed by atoms with Crippen LogP contribution >= 0.6 is 0 Å². The second-order valence-electron chi connectivity index (χ2n) is 4.88. The van der Waals surface area contributed by atoms with Crippen LogP contribution in [0, 0.1) is 5.92 Å². The van der Waals surface area contributed by atoms with Crippen molar-refractivity contribution in [1.82, 2.24) is 0 Å². The highest BCUT2D eigenvalue weighted by atomic mass is 16.5. The van der Waals surface area contributed by atoms with Crippen LogP contribution in [0.3, 0.4) is 0 Å². The Kier molecular flexibility index (Phi) is 3.97. The normalized spacial score (nSPS) is 24.1. The van der Waals surface area contributed by atoms with E-state index in [1.807, 2.05) is 18.2 Å². The third kappa shape index (κ3) is 2.38. The minimum absolute atomic E-state index is 0.268. The van der Waals surface area contributed by atoms with Crippen LogP contribution in [-0.2, 0) is 4.74 Å². The molecule has 100 valence electrons. The lowest BCUT2D eigenvalue weighted by Crippen LogP contribution is -2.44. The second kappa shape index (κ2) is 5.48. The van der Waals surface area contributed by atoms with Crippen LogP contribution in [0.15, 0.2) is 18.2 Å². The van der Waals surface area contributed by atoms with E-state index in [9.17, 15) is 0 Å². The maximum Gasteiger partial charge on any atom is 0.143 e. The lowest BCUT2D eigenvalue weighted by Gasteiger charge is -2.38. The van der Waals surface area contributed by atoms with Gasteiger partial charge in [0.2, 0.25) is 0 Å². The van der Waals surface area contributed by atoms with Crippen LogP contribution < -0.4 is 15.4 Å². The van der Waals surface area contributed by atoms with E-state index in [-0.39, 0.29) is 6.10 Å². The summed E-state index contributed by atoms with van der Waals surface area (Å²) in [6.45, 7) is 4.13. The van der Waals surface area contributed by atoms with Crippen molar-refractivity contribution in [2.75, 3.05) is 37.9 Å². The number of methoxy groups -OCH3 is 2. The van der Waals surface area contributed by atoms with Gasteiger partial charge in [0.05, 0.1) is 24.6 Å². The first-order valence-corrected chi connectivity index (χ1v) is 6.37.